The van der Waals surface area contributed by atoms with Gasteiger partial charge in [0.2, 0.25) is 0 Å². The van der Waals surface area contributed by atoms with E-state index < -0.39 is 0 Å². The van der Waals surface area contributed by atoms with E-state index in [1.807, 2.05) is 13.8 Å². The fourth-order valence-corrected chi connectivity index (χ4v) is 0.747. The van der Waals surface area contributed by atoms with Crippen LogP contribution in [-0.4, -0.2) is 22.1 Å². The molecule has 1 aromatic heterocycles. The zero-order valence-corrected chi connectivity index (χ0v) is 8.32. The summed E-state index contributed by atoms with van der Waals surface area (Å²) in [5.41, 5.74) is 0.711. The van der Waals surface area contributed by atoms with E-state index in [4.69, 9.17) is 4.74 Å². The highest BCUT2D eigenvalue weighted by Crippen LogP contribution is 2.14. The van der Waals surface area contributed by atoms with Gasteiger partial charge in [-0.3, -0.25) is 0 Å². The molecule has 1 rings (SSSR count). The summed E-state index contributed by atoms with van der Waals surface area (Å²) in [6, 6.07) is 0. The predicted molar refractivity (Wildman–Crippen MR) is 54.4 cm³/mol. The zero-order chi connectivity index (χ0) is 10.3. The molecule has 0 unspecified atom stereocenters. The third-order valence-corrected chi connectivity index (χ3v) is 1.26. The molecule has 1 aromatic rings. The molecule has 0 bridgehead atoms. The van der Waals surface area contributed by atoms with Gasteiger partial charge in [-0.15, -0.1) is 0 Å². The minimum atomic E-state index is 0.458. The van der Waals surface area contributed by atoms with E-state index >= 15 is 0 Å². The minimum Gasteiger partial charge on any atom is -0.478 e. The Morgan fingerprint density at radius 1 is 1.38 bits per heavy atom. The van der Waals surface area contributed by atoms with Crippen LogP contribution in [0.5, 0.6) is 5.88 Å². The van der Waals surface area contributed by atoms with Gasteiger partial charge in [0.1, 0.15) is 5.69 Å². The average molecular weight is 181 g/mol. The van der Waals surface area contributed by atoms with Crippen molar-refractivity contribution in [3.8, 4) is 5.88 Å². The van der Waals surface area contributed by atoms with Gasteiger partial charge >= 0.3 is 0 Å². The van der Waals surface area contributed by atoms with E-state index in [1.165, 1.54) is 18.0 Å². The van der Waals surface area contributed by atoms with Gasteiger partial charge in [-0.25, -0.2) is 4.68 Å². The Hall–Kier alpha value is -1.58. The highest BCUT2D eigenvalue weighted by molar-refractivity contribution is 5.50. The van der Waals surface area contributed by atoms with Crippen molar-refractivity contribution in [2.24, 2.45) is 0 Å². The highest BCUT2D eigenvalue weighted by Gasteiger charge is 2.06. The predicted octanol–water partition coefficient (Wildman–Crippen LogP) is 2.06. The first kappa shape index (κ1) is 11.4. The Balaban J connectivity index is 0.000000671. The molecule has 1 heterocycles. The molecule has 0 spiro atoms. The lowest BCUT2D eigenvalue weighted by molar-refractivity contribution is 0.396. The van der Waals surface area contributed by atoms with Crippen molar-refractivity contribution in [3.63, 3.8) is 0 Å². The molecule has 4 heteroatoms. The lowest BCUT2D eigenvalue weighted by atomic mass is 10.4. The number of hydrogen-bond acceptors (Lipinski definition) is 3. The first-order chi connectivity index (χ1) is 6.33. The normalized spacial score (nSPS) is 8.23. The topological polar surface area (TPSA) is 39.9 Å². The number of aromatic nitrogens is 3. The number of ether oxygens (including phenoxy) is 1. The number of hydrogen-bond donors (Lipinski definition) is 0. The summed E-state index contributed by atoms with van der Waals surface area (Å²) in [7, 11) is 1.53. The molecule has 0 aliphatic carbocycles. The summed E-state index contributed by atoms with van der Waals surface area (Å²) in [4.78, 5) is 0. The van der Waals surface area contributed by atoms with Crippen molar-refractivity contribution in [1.29, 1.82) is 0 Å². The van der Waals surface area contributed by atoms with Gasteiger partial charge in [0.25, 0.3) is 5.88 Å². The molecule has 0 atom stereocenters. The maximum atomic E-state index is 4.91. The van der Waals surface area contributed by atoms with Crippen LogP contribution in [0.15, 0.2) is 13.2 Å². The summed E-state index contributed by atoms with van der Waals surface area (Å²) >= 11 is 0. The maximum absolute atomic E-state index is 4.91. The monoisotopic (exact) mass is 181 g/mol. The second-order valence-corrected chi connectivity index (χ2v) is 1.82. The number of nitrogens with zero attached hydrogens (tertiary/aromatic N) is 3. The second-order valence-electron chi connectivity index (χ2n) is 1.82. The Morgan fingerprint density at radius 2 is 2.00 bits per heavy atom. The van der Waals surface area contributed by atoms with Gasteiger partial charge in [0.05, 0.1) is 7.11 Å². The van der Waals surface area contributed by atoms with Crippen LogP contribution < -0.4 is 4.74 Å². The van der Waals surface area contributed by atoms with Crippen LogP contribution in [-0.2, 0) is 0 Å². The summed E-state index contributed by atoms with van der Waals surface area (Å²) in [6.07, 6.45) is 3.15. The number of methoxy groups -OCH3 is 1. The molecule has 0 fully saturated rings. The van der Waals surface area contributed by atoms with E-state index in [1.54, 1.807) is 6.08 Å². The molecule has 4 nitrogen and oxygen atoms in total. The molecule has 0 radical (unpaired) electrons. The molecule has 72 valence electrons. The number of rotatable bonds is 3. The maximum Gasteiger partial charge on any atom is 0.261 e. The quantitative estimate of drug-likeness (QED) is 0.716. The van der Waals surface area contributed by atoms with Gasteiger partial charge < -0.3 is 4.74 Å². The Kier molecular flexibility index (Phi) is 5.27. The SMILES string of the molecule is C=Cc1c(OC)nnn1C=C.CC. The van der Waals surface area contributed by atoms with Gasteiger partial charge in [0.15, 0.2) is 0 Å². The third-order valence-electron chi connectivity index (χ3n) is 1.26. The molecule has 0 aromatic carbocycles. The smallest absolute Gasteiger partial charge is 0.261 e. The van der Waals surface area contributed by atoms with E-state index in [9.17, 15) is 0 Å². The first-order valence-corrected chi connectivity index (χ1v) is 4.07. The van der Waals surface area contributed by atoms with Crippen LogP contribution in [0.25, 0.3) is 12.3 Å². The lowest BCUT2D eigenvalue weighted by Crippen LogP contribution is -1.91. The first-order valence-electron chi connectivity index (χ1n) is 4.07. The van der Waals surface area contributed by atoms with Crippen LogP contribution in [0.1, 0.15) is 19.5 Å². The molecular weight excluding hydrogens is 166 g/mol. The van der Waals surface area contributed by atoms with Crippen molar-refractivity contribution in [3.05, 3.63) is 18.9 Å². The van der Waals surface area contributed by atoms with Gasteiger partial charge in [0, 0.05) is 6.20 Å². The van der Waals surface area contributed by atoms with Gasteiger partial charge in [-0.2, -0.15) is 0 Å². The average Bonchev–Trinajstić information content (AvgIpc) is 2.62. The van der Waals surface area contributed by atoms with Crippen LogP contribution >= 0.6 is 0 Å². The molecule has 0 aliphatic rings. The van der Waals surface area contributed by atoms with Crippen LogP contribution in [0.3, 0.4) is 0 Å². The fourth-order valence-electron chi connectivity index (χ4n) is 0.747. The molecule has 13 heavy (non-hydrogen) atoms. The summed E-state index contributed by atoms with van der Waals surface area (Å²) in [5.74, 6) is 0.458. The molecule has 0 saturated carbocycles. The van der Waals surface area contributed by atoms with Gasteiger partial charge in [-0.05, 0) is 6.08 Å². The van der Waals surface area contributed by atoms with Gasteiger partial charge in [-0.1, -0.05) is 37.3 Å². The zero-order valence-electron chi connectivity index (χ0n) is 8.32. The van der Waals surface area contributed by atoms with Crippen LogP contribution in [0, 0.1) is 0 Å². The molecular formula is C9H15N3O. The molecule has 0 N–H and O–H groups in total. The van der Waals surface area contributed by atoms with E-state index in [0.29, 0.717) is 11.6 Å². The largest absolute Gasteiger partial charge is 0.478 e. The van der Waals surface area contributed by atoms with Crippen molar-refractivity contribution in [2.75, 3.05) is 7.11 Å². The molecule has 0 saturated heterocycles. The van der Waals surface area contributed by atoms with Crippen molar-refractivity contribution in [1.82, 2.24) is 15.0 Å². The highest BCUT2D eigenvalue weighted by atomic mass is 16.5. The Labute approximate surface area is 78.5 Å². The van der Waals surface area contributed by atoms with E-state index in [2.05, 4.69) is 23.5 Å². The lowest BCUT2D eigenvalue weighted by Gasteiger charge is -1.94. The Bertz CT molecular complexity index is 278. The Morgan fingerprint density at radius 3 is 2.38 bits per heavy atom. The third kappa shape index (κ3) is 2.43. The summed E-state index contributed by atoms with van der Waals surface area (Å²) < 4.78 is 6.40. The summed E-state index contributed by atoms with van der Waals surface area (Å²) in [6.45, 7) is 11.1. The van der Waals surface area contributed by atoms with Crippen LogP contribution in [0.2, 0.25) is 0 Å². The standard InChI is InChI=1S/C7H9N3O.C2H6/c1-4-6-7(11-3)8-9-10(6)5-2;1-2/h4-5H,1-2H2,3H3;1-2H3. The second kappa shape index (κ2) is 5.99. The van der Waals surface area contributed by atoms with Crippen molar-refractivity contribution < 1.29 is 4.74 Å². The fraction of sp³-hybridized carbons (Fsp3) is 0.333. The van der Waals surface area contributed by atoms with E-state index in [0.717, 1.165) is 0 Å². The minimum absolute atomic E-state index is 0.458. The van der Waals surface area contributed by atoms with E-state index in [-0.39, 0.29) is 0 Å². The molecule has 0 amide bonds. The van der Waals surface area contributed by atoms with Crippen molar-refractivity contribution in [2.45, 2.75) is 13.8 Å². The summed E-state index contributed by atoms with van der Waals surface area (Å²) in [5, 5.41) is 7.45. The molecule has 0 aliphatic heterocycles. The van der Waals surface area contributed by atoms with Crippen molar-refractivity contribution >= 4 is 12.3 Å². The van der Waals surface area contributed by atoms with Crippen LogP contribution in [0.4, 0.5) is 0 Å².